The molecule has 118 valence electrons. The van der Waals surface area contributed by atoms with Gasteiger partial charge in [-0.3, -0.25) is 4.84 Å². The van der Waals surface area contributed by atoms with Gasteiger partial charge in [-0.05, 0) is 24.1 Å². The van der Waals surface area contributed by atoms with Crippen molar-refractivity contribution in [3.63, 3.8) is 0 Å². The highest BCUT2D eigenvalue weighted by atomic mass is 16.7. The third-order valence-electron chi connectivity index (χ3n) is 4.46. The third kappa shape index (κ3) is 3.36. The van der Waals surface area contributed by atoms with Crippen molar-refractivity contribution in [1.29, 1.82) is 0 Å². The smallest absolute Gasteiger partial charge is 0.141 e. The monoisotopic (exact) mass is 313 g/mol. The van der Waals surface area contributed by atoms with E-state index in [1.807, 2.05) is 30.3 Å². The zero-order chi connectivity index (χ0) is 16.2. The van der Waals surface area contributed by atoms with Crippen molar-refractivity contribution >= 4 is 0 Å². The topological polar surface area (TPSA) is 12.5 Å². The van der Waals surface area contributed by atoms with Crippen LogP contribution < -0.4 is 0 Å². The number of benzene rings is 2. The first kappa shape index (κ1) is 15.0. The molecule has 2 aliphatic rings. The Balaban J connectivity index is 1.58. The minimum Gasteiger partial charge on any atom is -0.282 e. The van der Waals surface area contributed by atoms with Crippen molar-refractivity contribution in [3.05, 3.63) is 71.3 Å². The molecule has 2 aromatic rings. The van der Waals surface area contributed by atoms with Gasteiger partial charge in [0, 0.05) is 36.6 Å². The van der Waals surface area contributed by atoms with E-state index < -0.39 is 0 Å². The van der Waals surface area contributed by atoms with Gasteiger partial charge in [-0.15, -0.1) is 0 Å². The molecular weight excluding hydrogens is 294 g/mol. The van der Waals surface area contributed by atoms with E-state index in [1.54, 1.807) is 0 Å². The molecule has 2 heteroatoms. The summed E-state index contributed by atoms with van der Waals surface area (Å²) in [6.07, 6.45) is 2.80. The van der Waals surface area contributed by atoms with Crippen LogP contribution in [0.25, 0.3) is 0 Å². The summed E-state index contributed by atoms with van der Waals surface area (Å²) < 4.78 is 0. The molecule has 2 nitrogen and oxygen atoms in total. The van der Waals surface area contributed by atoms with E-state index in [9.17, 15) is 0 Å². The quantitative estimate of drug-likeness (QED) is 0.783. The van der Waals surface area contributed by atoms with Gasteiger partial charge in [0.2, 0.25) is 0 Å². The van der Waals surface area contributed by atoms with Crippen molar-refractivity contribution in [2.24, 2.45) is 0 Å². The number of fused-ring (bicyclic) bond motifs is 3. The van der Waals surface area contributed by atoms with Gasteiger partial charge < -0.3 is 0 Å². The minimum atomic E-state index is -0.0372. The summed E-state index contributed by atoms with van der Waals surface area (Å²) in [5.74, 6) is 13.1. The Labute approximate surface area is 143 Å². The van der Waals surface area contributed by atoms with Crippen LogP contribution in [0.15, 0.2) is 54.6 Å². The normalized spacial score (nSPS) is 22.3. The molecule has 4 rings (SSSR count). The Hall–Kier alpha value is -2.52. The molecule has 1 aliphatic carbocycles. The Morgan fingerprint density at radius 1 is 0.958 bits per heavy atom. The minimum absolute atomic E-state index is 0.0372. The predicted octanol–water partition coefficient (Wildman–Crippen LogP) is 3.76. The highest BCUT2D eigenvalue weighted by molar-refractivity contribution is 5.50. The average molecular weight is 313 g/mol. The molecular formula is C22H19NO. The first-order valence-electron chi connectivity index (χ1n) is 8.45. The van der Waals surface area contributed by atoms with Crippen molar-refractivity contribution in [1.82, 2.24) is 5.06 Å². The summed E-state index contributed by atoms with van der Waals surface area (Å²) in [5.41, 5.74) is 3.28. The standard InChI is InChI=1S/C22H19NO/c1-2-8-18(9-3-1)17-23-21-13-7-6-11-19-10-4-5-12-20(19)14-15-22(16-21)24-23/h1-5,8-10,12,21-22H,7,13,16-17H2/t21-,22+/m1/s1. The first-order valence-corrected chi connectivity index (χ1v) is 8.45. The average Bonchev–Trinajstić information content (AvgIpc) is 2.98. The number of hydroxylamine groups is 2. The summed E-state index contributed by atoms with van der Waals surface area (Å²) in [4.78, 5) is 6.13. The largest absolute Gasteiger partial charge is 0.282 e. The molecule has 0 spiro atoms. The van der Waals surface area contributed by atoms with Gasteiger partial charge >= 0.3 is 0 Å². The van der Waals surface area contributed by atoms with E-state index in [0.29, 0.717) is 6.04 Å². The Kier molecular flexibility index (Phi) is 4.34. The summed E-state index contributed by atoms with van der Waals surface area (Å²) in [6.45, 7) is 0.799. The lowest BCUT2D eigenvalue weighted by Gasteiger charge is -2.21. The van der Waals surface area contributed by atoms with Crippen molar-refractivity contribution < 1.29 is 4.84 Å². The maximum absolute atomic E-state index is 6.13. The molecule has 1 heterocycles. The number of hydrogen-bond donors (Lipinski definition) is 0. The van der Waals surface area contributed by atoms with Gasteiger partial charge in [-0.25, -0.2) is 0 Å². The molecule has 0 aromatic heterocycles. The molecule has 1 fully saturated rings. The first-order chi connectivity index (χ1) is 11.9. The van der Waals surface area contributed by atoms with Gasteiger partial charge in [0.05, 0.1) is 0 Å². The maximum Gasteiger partial charge on any atom is 0.141 e. The van der Waals surface area contributed by atoms with Gasteiger partial charge in [-0.2, -0.15) is 5.06 Å². The number of nitrogens with zero attached hydrogens (tertiary/aromatic N) is 1. The van der Waals surface area contributed by atoms with E-state index in [2.05, 4.69) is 53.0 Å². The van der Waals surface area contributed by atoms with Gasteiger partial charge in [-0.1, -0.05) is 66.1 Å². The molecule has 2 atom stereocenters. The summed E-state index contributed by atoms with van der Waals surface area (Å²) >= 11 is 0. The Bertz CT molecular complexity index is 835. The van der Waals surface area contributed by atoms with Crippen LogP contribution in [0, 0.1) is 23.7 Å². The van der Waals surface area contributed by atoms with Crippen LogP contribution in [0.3, 0.4) is 0 Å². The Morgan fingerprint density at radius 2 is 1.71 bits per heavy atom. The second-order valence-corrected chi connectivity index (χ2v) is 6.20. The molecule has 2 aromatic carbocycles. The van der Waals surface area contributed by atoms with Gasteiger partial charge in [0.25, 0.3) is 0 Å². The van der Waals surface area contributed by atoms with Gasteiger partial charge in [0.15, 0.2) is 0 Å². The number of hydrogen-bond acceptors (Lipinski definition) is 2. The van der Waals surface area contributed by atoms with Crippen LogP contribution in [-0.2, 0) is 11.4 Å². The maximum atomic E-state index is 6.13. The lowest BCUT2D eigenvalue weighted by atomic mass is 10.1. The zero-order valence-corrected chi connectivity index (χ0v) is 13.5. The lowest BCUT2D eigenvalue weighted by Crippen LogP contribution is -2.27. The fraction of sp³-hybridized carbons (Fsp3) is 0.273. The van der Waals surface area contributed by atoms with Crippen molar-refractivity contribution in [2.45, 2.75) is 38.0 Å². The van der Waals surface area contributed by atoms with Crippen LogP contribution >= 0.6 is 0 Å². The van der Waals surface area contributed by atoms with Crippen LogP contribution in [-0.4, -0.2) is 17.2 Å². The lowest BCUT2D eigenvalue weighted by molar-refractivity contribution is -0.156. The van der Waals surface area contributed by atoms with E-state index in [1.165, 1.54) is 5.56 Å². The molecule has 0 amide bonds. The second-order valence-electron chi connectivity index (χ2n) is 6.20. The summed E-state index contributed by atoms with van der Waals surface area (Å²) in [7, 11) is 0. The van der Waals surface area contributed by atoms with Crippen molar-refractivity contribution in [2.75, 3.05) is 0 Å². The molecule has 24 heavy (non-hydrogen) atoms. The summed E-state index contributed by atoms with van der Waals surface area (Å²) in [5, 5.41) is 2.10. The third-order valence-corrected chi connectivity index (χ3v) is 4.46. The fourth-order valence-corrected chi connectivity index (χ4v) is 3.19. The van der Waals surface area contributed by atoms with E-state index in [0.717, 1.165) is 36.9 Å². The van der Waals surface area contributed by atoms with Crippen LogP contribution in [0.2, 0.25) is 0 Å². The molecule has 1 saturated heterocycles. The van der Waals surface area contributed by atoms with Crippen LogP contribution in [0.1, 0.15) is 36.0 Å². The highest BCUT2D eigenvalue weighted by Gasteiger charge is 2.32. The molecule has 2 bridgehead atoms. The van der Waals surface area contributed by atoms with Crippen molar-refractivity contribution in [3.8, 4) is 23.7 Å². The number of rotatable bonds is 2. The van der Waals surface area contributed by atoms with Gasteiger partial charge in [0.1, 0.15) is 6.10 Å². The fourth-order valence-electron chi connectivity index (χ4n) is 3.19. The zero-order valence-electron chi connectivity index (χ0n) is 13.5. The van der Waals surface area contributed by atoms with Crippen LogP contribution in [0.4, 0.5) is 0 Å². The molecule has 0 unspecified atom stereocenters. The predicted molar refractivity (Wildman–Crippen MR) is 94.7 cm³/mol. The SMILES string of the molecule is C1#Cc2ccccc2C#C[C@H]2C[C@@H](CC1)N(Cc1ccccc1)O2. The molecule has 1 aliphatic heterocycles. The van der Waals surface area contributed by atoms with E-state index >= 15 is 0 Å². The highest BCUT2D eigenvalue weighted by Crippen LogP contribution is 2.26. The molecule has 0 saturated carbocycles. The van der Waals surface area contributed by atoms with E-state index in [4.69, 9.17) is 4.84 Å². The van der Waals surface area contributed by atoms with Crippen LogP contribution in [0.5, 0.6) is 0 Å². The molecule has 0 N–H and O–H groups in total. The Morgan fingerprint density at radius 3 is 2.54 bits per heavy atom. The molecule has 0 radical (unpaired) electrons. The second kappa shape index (κ2) is 6.93. The summed E-state index contributed by atoms with van der Waals surface area (Å²) in [6, 6.07) is 18.9. The van der Waals surface area contributed by atoms with E-state index in [-0.39, 0.29) is 6.10 Å².